The maximum atomic E-state index is 11.5. The van der Waals surface area contributed by atoms with Crippen LogP contribution in [0.15, 0.2) is 18.2 Å². The standard InChI is InChI=1S/C16H22N2O3/c17-11-3-4-13(15(18)19)14(9-11)21-12-5-8-20-16(10-12)6-1-2-7-16/h3-4,9,12H,1-2,5-8,10,17H2,(H2,18,19). The Hall–Kier alpha value is -1.75. The summed E-state index contributed by atoms with van der Waals surface area (Å²) in [6.45, 7) is 0.707. The van der Waals surface area contributed by atoms with Gasteiger partial charge in [0.05, 0.1) is 17.8 Å². The summed E-state index contributed by atoms with van der Waals surface area (Å²) in [5, 5.41) is 0. The predicted molar refractivity (Wildman–Crippen MR) is 80.2 cm³/mol. The highest BCUT2D eigenvalue weighted by Gasteiger charge is 2.40. The summed E-state index contributed by atoms with van der Waals surface area (Å²) in [6, 6.07) is 4.96. The van der Waals surface area contributed by atoms with Crippen molar-refractivity contribution < 1.29 is 14.3 Å². The molecule has 114 valence electrons. The molecule has 2 fully saturated rings. The van der Waals surface area contributed by atoms with Crippen molar-refractivity contribution in [3.05, 3.63) is 23.8 Å². The minimum Gasteiger partial charge on any atom is -0.489 e. The van der Waals surface area contributed by atoms with E-state index in [1.807, 2.05) is 0 Å². The van der Waals surface area contributed by atoms with Gasteiger partial charge in [0.15, 0.2) is 0 Å². The van der Waals surface area contributed by atoms with Crippen molar-refractivity contribution in [1.82, 2.24) is 0 Å². The summed E-state index contributed by atoms with van der Waals surface area (Å²) in [7, 11) is 0. The van der Waals surface area contributed by atoms with Crippen molar-refractivity contribution in [2.24, 2.45) is 5.73 Å². The quantitative estimate of drug-likeness (QED) is 0.836. The third-order valence-corrected chi connectivity index (χ3v) is 4.53. The van der Waals surface area contributed by atoms with E-state index in [0.717, 1.165) is 25.7 Å². The molecule has 1 spiro atoms. The molecule has 1 aliphatic heterocycles. The van der Waals surface area contributed by atoms with Crippen LogP contribution in [-0.2, 0) is 4.74 Å². The molecule has 1 unspecified atom stereocenters. The van der Waals surface area contributed by atoms with Crippen LogP contribution in [-0.4, -0.2) is 24.2 Å². The van der Waals surface area contributed by atoms with Crippen molar-refractivity contribution in [2.75, 3.05) is 12.3 Å². The molecule has 1 saturated carbocycles. The Bertz CT molecular complexity index is 538. The van der Waals surface area contributed by atoms with Crippen molar-refractivity contribution in [1.29, 1.82) is 0 Å². The van der Waals surface area contributed by atoms with Gasteiger partial charge in [-0.15, -0.1) is 0 Å². The summed E-state index contributed by atoms with van der Waals surface area (Å²) in [6.07, 6.45) is 6.40. The van der Waals surface area contributed by atoms with Gasteiger partial charge in [-0.1, -0.05) is 12.8 Å². The van der Waals surface area contributed by atoms with E-state index in [9.17, 15) is 4.79 Å². The maximum Gasteiger partial charge on any atom is 0.252 e. The van der Waals surface area contributed by atoms with Gasteiger partial charge in [0.1, 0.15) is 11.9 Å². The Morgan fingerprint density at radius 1 is 1.33 bits per heavy atom. The molecular formula is C16H22N2O3. The molecule has 5 nitrogen and oxygen atoms in total. The fourth-order valence-corrected chi connectivity index (χ4v) is 3.47. The summed E-state index contributed by atoms with van der Waals surface area (Å²) in [4.78, 5) is 11.5. The second-order valence-corrected chi connectivity index (χ2v) is 6.09. The molecule has 1 aromatic rings. The smallest absolute Gasteiger partial charge is 0.252 e. The number of carbonyl (C=O) groups excluding carboxylic acids is 1. The monoisotopic (exact) mass is 290 g/mol. The van der Waals surface area contributed by atoms with Crippen LogP contribution in [0.2, 0.25) is 0 Å². The number of ether oxygens (including phenoxy) is 2. The lowest BCUT2D eigenvalue weighted by Gasteiger charge is -2.38. The maximum absolute atomic E-state index is 11.5. The highest BCUT2D eigenvalue weighted by atomic mass is 16.5. The van der Waals surface area contributed by atoms with Gasteiger partial charge in [-0.2, -0.15) is 0 Å². The van der Waals surface area contributed by atoms with Crippen molar-refractivity contribution >= 4 is 11.6 Å². The minimum atomic E-state index is -0.493. The molecule has 1 amide bonds. The molecule has 1 heterocycles. The molecule has 1 atom stereocenters. The second kappa shape index (κ2) is 5.56. The van der Waals surface area contributed by atoms with Gasteiger partial charge in [0.25, 0.3) is 5.91 Å². The van der Waals surface area contributed by atoms with E-state index in [1.54, 1.807) is 18.2 Å². The highest BCUT2D eigenvalue weighted by molar-refractivity contribution is 5.96. The van der Waals surface area contributed by atoms with Crippen LogP contribution in [0.25, 0.3) is 0 Å². The van der Waals surface area contributed by atoms with Gasteiger partial charge in [0, 0.05) is 24.6 Å². The van der Waals surface area contributed by atoms with Gasteiger partial charge in [-0.05, 0) is 25.0 Å². The third kappa shape index (κ3) is 2.97. The molecule has 0 radical (unpaired) electrons. The zero-order chi connectivity index (χ0) is 14.9. The van der Waals surface area contributed by atoms with Crippen molar-refractivity contribution in [3.63, 3.8) is 0 Å². The van der Waals surface area contributed by atoms with Crippen LogP contribution in [0, 0.1) is 0 Å². The lowest BCUT2D eigenvalue weighted by molar-refractivity contribution is -0.108. The topological polar surface area (TPSA) is 87.6 Å². The molecule has 4 N–H and O–H groups in total. The number of anilines is 1. The fraction of sp³-hybridized carbons (Fsp3) is 0.562. The molecule has 1 saturated heterocycles. The van der Waals surface area contributed by atoms with Gasteiger partial charge in [0.2, 0.25) is 0 Å². The van der Waals surface area contributed by atoms with E-state index in [1.165, 1.54) is 12.8 Å². The molecule has 0 aromatic heterocycles. The first-order valence-corrected chi connectivity index (χ1v) is 7.58. The van der Waals surface area contributed by atoms with Crippen LogP contribution in [0.5, 0.6) is 5.75 Å². The molecule has 1 aromatic carbocycles. The summed E-state index contributed by atoms with van der Waals surface area (Å²) in [5.41, 5.74) is 12.1. The Labute approximate surface area is 124 Å². The molecule has 21 heavy (non-hydrogen) atoms. The lowest BCUT2D eigenvalue weighted by atomic mass is 9.90. The average molecular weight is 290 g/mol. The number of benzene rings is 1. The van der Waals surface area contributed by atoms with Crippen LogP contribution in [0.3, 0.4) is 0 Å². The minimum absolute atomic E-state index is 0.0177. The first kappa shape index (κ1) is 14.2. The van der Waals surface area contributed by atoms with Gasteiger partial charge in [-0.3, -0.25) is 4.79 Å². The van der Waals surface area contributed by atoms with E-state index in [2.05, 4.69) is 0 Å². The molecular weight excluding hydrogens is 268 g/mol. The van der Waals surface area contributed by atoms with Gasteiger partial charge in [-0.25, -0.2) is 0 Å². The third-order valence-electron chi connectivity index (χ3n) is 4.53. The van der Waals surface area contributed by atoms with Crippen molar-refractivity contribution in [2.45, 2.75) is 50.2 Å². The number of amides is 1. The predicted octanol–water partition coefficient (Wildman–Crippen LogP) is 2.24. The molecule has 0 bridgehead atoms. The van der Waals surface area contributed by atoms with E-state index in [4.69, 9.17) is 20.9 Å². The fourth-order valence-electron chi connectivity index (χ4n) is 3.47. The number of rotatable bonds is 3. The number of primary amides is 1. The first-order chi connectivity index (χ1) is 10.1. The number of nitrogen functional groups attached to an aromatic ring is 1. The number of carbonyl (C=O) groups is 1. The Balaban J connectivity index is 1.77. The van der Waals surface area contributed by atoms with E-state index in [-0.39, 0.29) is 11.7 Å². The van der Waals surface area contributed by atoms with Crippen LogP contribution in [0.4, 0.5) is 5.69 Å². The average Bonchev–Trinajstić information content (AvgIpc) is 2.86. The van der Waals surface area contributed by atoms with Gasteiger partial charge < -0.3 is 20.9 Å². The first-order valence-electron chi connectivity index (χ1n) is 7.58. The lowest BCUT2D eigenvalue weighted by Crippen LogP contribution is -2.41. The van der Waals surface area contributed by atoms with Crippen LogP contribution in [0.1, 0.15) is 48.9 Å². The summed E-state index contributed by atoms with van der Waals surface area (Å²) >= 11 is 0. The SMILES string of the molecule is NC(=O)c1ccc(N)cc1OC1CCOC2(CCCC2)C1. The number of hydrogen-bond donors (Lipinski definition) is 2. The van der Waals surface area contributed by atoms with E-state index >= 15 is 0 Å². The number of nitrogens with two attached hydrogens (primary N) is 2. The Morgan fingerprint density at radius 2 is 2.10 bits per heavy atom. The van der Waals surface area contributed by atoms with Crippen molar-refractivity contribution in [3.8, 4) is 5.75 Å². The molecule has 2 aliphatic rings. The highest BCUT2D eigenvalue weighted by Crippen LogP contribution is 2.41. The molecule has 3 rings (SSSR count). The van der Waals surface area contributed by atoms with E-state index < -0.39 is 5.91 Å². The van der Waals surface area contributed by atoms with E-state index in [0.29, 0.717) is 23.6 Å². The summed E-state index contributed by atoms with van der Waals surface area (Å²) < 4.78 is 12.1. The number of hydrogen-bond acceptors (Lipinski definition) is 4. The molecule has 5 heteroatoms. The largest absolute Gasteiger partial charge is 0.489 e. The zero-order valence-electron chi connectivity index (χ0n) is 12.1. The normalized spacial score (nSPS) is 24.1. The second-order valence-electron chi connectivity index (χ2n) is 6.09. The summed E-state index contributed by atoms with van der Waals surface area (Å²) in [5.74, 6) is -0.00446. The molecule has 1 aliphatic carbocycles. The van der Waals surface area contributed by atoms with Crippen LogP contribution < -0.4 is 16.2 Å². The zero-order valence-corrected chi connectivity index (χ0v) is 12.1. The van der Waals surface area contributed by atoms with Crippen LogP contribution >= 0.6 is 0 Å². The van der Waals surface area contributed by atoms with Gasteiger partial charge >= 0.3 is 0 Å². The Kier molecular flexibility index (Phi) is 3.76. The Morgan fingerprint density at radius 3 is 2.81 bits per heavy atom.